The number of amides is 3. The van der Waals surface area contributed by atoms with Gasteiger partial charge in [0, 0.05) is 23.5 Å². The maximum atomic E-state index is 13.4. The normalized spacial score (nSPS) is 15.0. The van der Waals surface area contributed by atoms with Crippen LogP contribution in [0.25, 0.3) is 10.9 Å². The van der Waals surface area contributed by atoms with Crippen molar-refractivity contribution >= 4 is 34.6 Å². The maximum absolute atomic E-state index is 13.4. The van der Waals surface area contributed by atoms with Crippen LogP contribution in [0, 0.1) is 11.8 Å². The van der Waals surface area contributed by atoms with Crippen molar-refractivity contribution in [3.63, 3.8) is 0 Å². The van der Waals surface area contributed by atoms with Crippen LogP contribution in [0.5, 0.6) is 0 Å². The number of carboxylic acids is 1. The number of carbonyl (C=O) groups is 4. The molecular weight excluding hydrogens is 522 g/mol. The molecule has 5 atom stereocenters. The zero-order chi connectivity index (χ0) is 30.1. The molecule has 10 nitrogen and oxygen atoms in total. The fourth-order valence-corrected chi connectivity index (χ4v) is 4.68. The minimum absolute atomic E-state index is 0.0993. The molecule has 10 heteroatoms. The van der Waals surface area contributed by atoms with Gasteiger partial charge in [0.1, 0.15) is 18.1 Å². The molecule has 0 aliphatic rings. The smallest absolute Gasteiger partial charge is 0.326 e. The summed E-state index contributed by atoms with van der Waals surface area (Å²) in [6.45, 7) is 7.25. The summed E-state index contributed by atoms with van der Waals surface area (Å²) in [7, 11) is 0. The number of carbonyl (C=O) groups excluding carboxylic acids is 3. The molecule has 41 heavy (non-hydrogen) atoms. The third kappa shape index (κ3) is 8.40. The van der Waals surface area contributed by atoms with E-state index in [-0.39, 0.29) is 24.7 Å². The Morgan fingerprint density at radius 1 is 0.829 bits per heavy atom. The first-order valence-electron chi connectivity index (χ1n) is 14.0. The number of aromatic amines is 1. The van der Waals surface area contributed by atoms with E-state index < -0.39 is 47.9 Å². The van der Waals surface area contributed by atoms with Crippen molar-refractivity contribution in [2.45, 2.75) is 71.1 Å². The molecule has 5 unspecified atom stereocenters. The molecule has 0 fully saturated rings. The molecule has 0 aliphatic heterocycles. The Hall–Kier alpha value is -4.18. The van der Waals surface area contributed by atoms with Crippen LogP contribution in [0.1, 0.15) is 45.2 Å². The van der Waals surface area contributed by atoms with E-state index in [1.165, 1.54) is 0 Å². The van der Waals surface area contributed by atoms with E-state index in [2.05, 4.69) is 20.9 Å². The van der Waals surface area contributed by atoms with E-state index in [4.69, 9.17) is 5.73 Å². The summed E-state index contributed by atoms with van der Waals surface area (Å²) in [6, 6.07) is 12.7. The van der Waals surface area contributed by atoms with Crippen LogP contribution in [0.3, 0.4) is 0 Å². The number of aliphatic carboxylic acids is 1. The van der Waals surface area contributed by atoms with E-state index >= 15 is 0 Å². The molecule has 220 valence electrons. The fourth-order valence-electron chi connectivity index (χ4n) is 4.68. The second-order valence-corrected chi connectivity index (χ2v) is 10.9. The maximum Gasteiger partial charge on any atom is 0.326 e. The largest absolute Gasteiger partial charge is 0.480 e. The number of benzene rings is 2. The van der Waals surface area contributed by atoms with Crippen molar-refractivity contribution in [3.05, 3.63) is 71.9 Å². The molecule has 1 aromatic heterocycles. The van der Waals surface area contributed by atoms with Crippen LogP contribution in [0.4, 0.5) is 0 Å². The average Bonchev–Trinajstić information content (AvgIpc) is 3.36. The summed E-state index contributed by atoms with van der Waals surface area (Å²) in [6.07, 6.45) is 2.76. The standard InChI is InChI=1S/C31H41N5O5/c1-5-19(4)27(30(39)34-25(31(40)41)15-20-11-7-6-8-12-20)36-29(38)26(18(2)3)35-28(37)23(32)16-21-17-33-24-14-10-9-13-22(21)24/h6-14,17-19,23,25-27,33H,5,15-16,32H2,1-4H3,(H,34,39)(H,35,37)(H,36,38)(H,40,41). The first kappa shape index (κ1) is 31.3. The lowest BCUT2D eigenvalue weighted by atomic mass is 9.95. The van der Waals surface area contributed by atoms with Crippen molar-refractivity contribution in [2.75, 3.05) is 0 Å². The van der Waals surface area contributed by atoms with Crippen LogP contribution in [-0.2, 0) is 32.0 Å². The van der Waals surface area contributed by atoms with E-state index in [0.717, 1.165) is 22.0 Å². The second-order valence-electron chi connectivity index (χ2n) is 10.9. The number of nitrogens with one attached hydrogen (secondary N) is 4. The van der Waals surface area contributed by atoms with Gasteiger partial charge >= 0.3 is 5.97 Å². The highest BCUT2D eigenvalue weighted by molar-refractivity contribution is 5.94. The Balaban J connectivity index is 1.68. The minimum atomic E-state index is -1.17. The SMILES string of the molecule is CCC(C)C(NC(=O)C(NC(=O)C(N)Cc1c[nH]c2ccccc12)C(C)C)C(=O)NC(Cc1ccccc1)C(=O)O. The Morgan fingerprint density at radius 3 is 2.07 bits per heavy atom. The zero-order valence-corrected chi connectivity index (χ0v) is 24.0. The molecular formula is C31H41N5O5. The molecule has 7 N–H and O–H groups in total. The molecule has 3 amide bonds. The molecule has 0 radical (unpaired) electrons. The number of carboxylic acid groups (broad SMARTS) is 1. The monoisotopic (exact) mass is 563 g/mol. The number of fused-ring (bicyclic) bond motifs is 1. The molecule has 3 aromatic rings. The van der Waals surface area contributed by atoms with Gasteiger partial charge in [-0.25, -0.2) is 4.79 Å². The lowest BCUT2D eigenvalue weighted by molar-refractivity contribution is -0.142. The lowest BCUT2D eigenvalue weighted by Crippen LogP contribution is -2.60. The van der Waals surface area contributed by atoms with Gasteiger partial charge in [0.2, 0.25) is 17.7 Å². The van der Waals surface area contributed by atoms with Gasteiger partial charge in [0.15, 0.2) is 0 Å². The zero-order valence-electron chi connectivity index (χ0n) is 24.0. The van der Waals surface area contributed by atoms with Gasteiger partial charge in [-0.3, -0.25) is 14.4 Å². The molecule has 3 rings (SSSR count). The van der Waals surface area contributed by atoms with Gasteiger partial charge in [-0.15, -0.1) is 0 Å². The Bertz CT molecular complexity index is 1340. The van der Waals surface area contributed by atoms with E-state index in [9.17, 15) is 24.3 Å². The van der Waals surface area contributed by atoms with E-state index in [1.807, 2.05) is 43.5 Å². The lowest BCUT2D eigenvalue weighted by Gasteiger charge is -2.29. The second kappa shape index (κ2) is 14.5. The van der Waals surface area contributed by atoms with Crippen LogP contribution in [0.2, 0.25) is 0 Å². The summed E-state index contributed by atoms with van der Waals surface area (Å²) in [4.78, 5) is 54.9. The third-order valence-electron chi connectivity index (χ3n) is 7.39. The van der Waals surface area contributed by atoms with Crippen molar-refractivity contribution < 1.29 is 24.3 Å². The summed E-state index contributed by atoms with van der Waals surface area (Å²) in [5.74, 6) is -3.39. The molecule has 2 aromatic carbocycles. The summed E-state index contributed by atoms with van der Waals surface area (Å²) >= 11 is 0. The number of nitrogens with two attached hydrogens (primary N) is 1. The topological polar surface area (TPSA) is 166 Å². The van der Waals surface area contributed by atoms with Crippen LogP contribution >= 0.6 is 0 Å². The van der Waals surface area contributed by atoms with E-state index in [1.54, 1.807) is 45.0 Å². The molecule has 0 aliphatic carbocycles. The summed E-state index contributed by atoms with van der Waals surface area (Å²) in [5.41, 5.74) is 8.83. The molecule has 0 saturated heterocycles. The Labute approximate surface area is 240 Å². The number of hydrogen-bond donors (Lipinski definition) is 6. The Morgan fingerprint density at radius 2 is 1.44 bits per heavy atom. The molecule has 0 bridgehead atoms. The summed E-state index contributed by atoms with van der Waals surface area (Å²) < 4.78 is 0. The van der Waals surface area contributed by atoms with Crippen LogP contribution in [0.15, 0.2) is 60.8 Å². The number of aromatic nitrogens is 1. The average molecular weight is 564 g/mol. The summed E-state index contributed by atoms with van der Waals surface area (Å²) in [5, 5.41) is 18.8. The molecule has 0 spiro atoms. The van der Waals surface area contributed by atoms with Crippen LogP contribution < -0.4 is 21.7 Å². The van der Waals surface area contributed by atoms with Gasteiger partial charge in [0.05, 0.1) is 6.04 Å². The highest BCUT2D eigenvalue weighted by atomic mass is 16.4. The van der Waals surface area contributed by atoms with Gasteiger partial charge in [-0.05, 0) is 35.4 Å². The van der Waals surface area contributed by atoms with Crippen molar-refractivity contribution in [2.24, 2.45) is 17.6 Å². The van der Waals surface area contributed by atoms with E-state index in [0.29, 0.717) is 6.42 Å². The predicted molar refractivity (Wildman–Crippen MR) is 158 cm³/mol. The molecule has 1 heterocycles. The highest BCUT2D eigenvalue weighted by Crippen LogP contribution is 2.19. The van der Waals surface area contributed by atoms with Crippen molar-refractivity contribution in [3.8, 4) is 0 Å². The highest BCUT2D eigenvalue weighted by Gasteiger charge is 2.34. The van der Waals surface area contributed by atoms with Crippen molar-refractivity contribution in [1.29, 1.82) is 0 Å². The third-order valence-corrected chi connectivity index (χ3v) is 7.39. The van der Waals surface area contributed by atoms with Gasteiger partial charge in [0.25, 0.3) is 0 Å². The predicted octanol–water partition coefficient (Wildman–Crippen LogP) is 2.52. The van der Waals surface area contributed by atoms with Gasteiger partial charge in [-0.1, -0.05) is 82.6 Å². The number of H-pyrrole nitrogens is 1. The minimum Gasteiger partial charge on any atom is -0.480 e. The molecule has 0 saturated carbocycles. The first-order chi connectivity index (χ1) is 19.5. The number of rotatable bonds is 14. The van der Waals surface area contributed by atoms with Crippen LogP contribution in [-0.4, -0.2) is 57.9 Å². The number of para-hydroxylation sites is 1. The van der Waals surface area contributed by atoms with Gasteiger partial charge in [-0.2, -0.15) is 0 Å². The van der Waals surface area contributed by atoms with Gasteiger partial charge < -0.3 is 31.8 Å². The quantitative estimate of drug-likeness (QED) is 0.176. The number of hydrogen-bond acceptors (Lipinski definition) is 5. The Kier molecular flexibility index (Phi) is 11.0. The fraction of sp³-hybridized carbons (Fsp3) is 0.419. The van der Waals surface area contributed by atoms with Crippen molar-refractivity contribution in [1.82, 2.24) is 20.9 Å². The first-order valence-corrected chi connectivity index (χ1v) is 14.0.